The summed E-state index contributed by atoms with van der Waals surface area (Å²) in [6, 6.07) is -2.08. The fourth-order valence-electron chi connectivity index (χ4n) is 1.73. The summed E-state index contributed by atoms with van der Waals surface area (Å²) in [6.07, 6.45) is 1.27. The van der Waals surface area contributed by atoms with Gasteiger partial charge in [0.15, 0.2) is 0 Å². The van der Waals surface area contributed by atoms with E-state index in [-0.39, 0.29) is 12.8 Å². The summed E-state index contributed by atoms with van der Waals surface area (Å²) in [6.45, 7) is 3.39. The first-order valence-electron chi connectivity index (χ1n) is 6.45. The van der Waals surface area contributed by atoms with Gasteiger partial charge in [0, 0.05) is 34.7 Å². The van der Waals surface area contributed by atoms with Gasteiger partial charge in [-0.15, -0.1) is 6.58 Å². The second-order valence-electron chi connectivity index (χ2n) is 4.66. The lowest BCUT2D eigenvalue weighted by molar-refractivity contribution is 0.0384. The molecule has 0 saturated heterocycles. The van der Waals surface area contributed by atoms with Crippen LogP contribution in [0.1, 0.15) is 25.7 Å². The fraction of sp³-hybridized carbons (Fsp3) is 0.667. The zero-order valence-electron chi connectivity index (χ0n) is 12.0. The number of nitrogens with zero attached hydrogens (tertiary/aromatic N) is 6. The molecule has 2 atom stereocenters. The Bertz CT molecular complexity index is 506. The zero-order valence-corrected chi connectivity index (χ0v) is 14.2. The number of hydrogen-bond acceptors (Lipinski definition) is 2. The minimum Gasteiger partial charge on any atom is -0.202 e. The van der Waals surface area contributed by atoms with Crippen molar-refractivity contribution in [3.63, 3.8) is 0 Å². The molecule has 0 saturated carbocycles. The third-order valence-electron chi connectivity index (χ3n) is 2.61. The van der Waals surface area contributed by atoms with E-state index in [0.29, 0.717) is 6.08 Å². The Kier molecular flexibility index (Phi) is 9.70. The molecule has 0 amide bonds. The minimum absolute atomic E-state index is 0.0932. The molecule has 0 radical (unpaired) electrons. The molecule has 0 aromatic rings. The highest BCUT2D eigenvalue weighted by atomic mass is 127. The van der Waals surface area contributed by atoms with Gasteiger partial charge in [-0.05, 0) is 52.6 Å². The van der Waals surface area contributed by atoms with E-state index >= 15 is 0 Å². The molecule has 0 aromatic heterocycles. The van der Waals surface area contributed by atoms with Gasteiger partial charge in [0.1, 0.15) is 0 Å². The third kappa shape index (κ3) is 11.7. The Morgan fingerprint density at radius 1 is 1.04 bits per heavy atom. The molecule has 0 aliphatic heterocycles. The molecule has 0 fully saturated rings. The summed E-state index contributed by atoms with van der Waals surface area (Å²) < 4.78 is 50.1. The largest absolute Gasteiger partial charge is 0.297 e. The molecule has 0 N–H and O–H groups in total. The Morgan fingerprint density at radius 2 is 1.57 bits per heavy atom. The van der Waals surface area contributed by atoms with Gasteiger partial charge in [-0.2, -0.15) is 8.78 Å². The quantitative estimate of drug-likeness (QED) is 0.0676. The number of azide groups is 2. The van der Waals surface area contributed by atoms with Gasteiger partial charge in [-0.1, -0.05) is 22.4 Å². The second-order valence-corrected chi connectivity index (χ2v) is 6.24. The SMILES string of the molecule is C=CCC(CC(F)(F)/C=C/CC(CC(F)(F)I)N=[N+]=[N-])N=[N+]=[N-]. The van der Waals surface area contributed by atoms with Gasteiger partial charge >= 0.3 is 0 Å². The highest BCUT2D eigenvalue weighted by Gasteiger charge is 2.30. The zero-order chi connectivity index (χ0) is 17.9. The standard InChI is InChI=1S/C12H15F4IN6/c1-2-4-9(20-22-18)7-11(13,14)6-3-5-10(21-23-19)8-12(15,16)17/h2-3,6,9-10H,1,4-5,7-8H2/b6-3+. The van der Waals surface area contributed by atoms with Crippen LogP contribution in [0.25, 0.3) is 20.9 Å². The van der Waals surface area contributed by atoms with Gasteiger partial charge in [-0.3, -0.25) is 0 Å². The monoisotopic (exact) mass is 446 g/mol. The van der Waals surface area contributed by atoms with Crippen LogP contribution in [0, 0.1) is 0 Å². The first-order chi connectivity index (χ1) is 10.6. The lowest BCUT2D eigenvalue weighted by Gasteiger charge is -2.17. The maximum Gasteiger partial charge on any atom is 0.297 e. The number of rotatable bonds is 11. The average Bonchev–Trinajstić information content (AvgIpc) is 2.36. The van der Waals surface area contributed by atoms with Crippen molar-refractivity contribution >= 4 is 22.6 Å². The van der Waals surface area contributed by atoms with E-state index in [4.69, 9.17) is 11.1 Å². The van der Waals surface area contributed by atoms with E-state index < -0.39 is 34.8 Å². The molecule has 2 unspecified atom stereocenters. The van der Waals surface area contributed by atoms with E-state index in [9.17, 15) is 17.6 Å². The Labute approximate surface area is 144 Å². The van der Waals surface area contributed by atoms with E-state index in [1.54, 1.807) is 0 Å². The van der Waals surface area contributed by atoms with E-state index in [1.807, 2.05) is 0 Å². The van der Waals surface area contributed by atoms with E-state index in [2.05, 4.69) is 26.6 Å². The van der Waals surface area contributed by atoms with Crippen LogP contribution in [0.3, 0.4) is 0 Å². The third-order valence-corrected chi connectivity index (χ3v) is 3.05. The molecule has 11 heteroatoms. The van der Waals surface area contributed by atoms with E-state index in [0.717, 1.165) is 28.7 Å². The molecule has 0 bridgehead atoms. The molecule has 0 aliphatic carbocycles. The second kappa shape index (κ2) is 10.3. The van der Waals surface area contributed by atoms with Crippen LogP contribution < -0.4 is 0 Å². The average molecular weight is 446 g/mol. The Morgan fingerprint density at radius 3 is 2.00 bits per heavy atom. The first kappa shape index (κ1) is 21.6. The van der Waals surface area contributed by atoms with Gasteiger partial charge in [0.2, 0.25) is 0 Å². The number of allylic oxidation sites excluding steroid dienone is 1. The Balaban J connectivity index is 4.78. The normalized spacial score (nSPS) is 14.7. The molecule has 0 spiro atoms. The summed E-state index contributed by atoms with van der Waals surface area (Å²) >= 11 is 0.889. The summed E-state index contributed by atoms with van der Waals surface area (Å²) in [5.41, 5.74) is 16.6. The van der Waals surface area contributed by atoms with Gasteiger partial charge in [-0.25, -0.2) is 8.78 Å². The van der Waals surface area contributed by atoms with Gasteiger partial charge in [0.25, 0.3) is 9.85 Å². The van der Waals surface area contributed by atoms with Gasteiger partial charge in [0.05, 0.1) is 0 Å². The predicted octanol–water partition coefficient (Wildman–Crippen LogP) is 6.31. The number of alkyl halides is 5. The first-order valence-corrected chi connectivity index (χ1v) is 7.53. The molecule has 23 heavy (non-hydrogen) atoms. The molecule has 0 rings (SSSR count). The molecule has 0 heterocycles. The fourth-order valence-corrected chi connectivity index (χ4v) is 2.24. The van der Waals surface area contributed by atoms with Crippen LogP contribution >= 0.6 is 22.6 Å². The van der Waals surface area contributed by atoms with E-state index in [1.165, 1.54) is 6.08 Å². The topological polar surface area (TPSA) is 97.5 Å². The van der Waals surface area contributed by atoms with Crippen molar-refractivity contribution in [3.8, 4) is 0 Å². The summed E-state index contributed by atoms with van der Waals surface area (Å²) in [7, 11) is 0. The van der Waals surface area contributed by atoms with Crippen LogP contribution in [0.5, 0.6) is 0 Å². The lowest BCUT2D eigenvalue weighted by atomic mass is 10.0. The smallest absolute Gasteiger partial charge is 0.202 e. The van der Waals surface area contributed by atoms with Crippen LogP contribution in [0.15, 0.2) is 35.0 Å². The van der Waals surface area contributed by atoms with Crippen LogP contribution in [0.2, 0.25) is 0 Å². The van der Waals surface area contributed by atoms with Crippen molar-refractivity contribution in [3.05, 3.63) is 45.7 Å². The highest BCUT2D eigenvalue weighted by Crippen LogP contribution is 2.31. The maximum absolute atomic E-state index is 13.7. The molecule has 6 nitrogen and oxygen atoms in total. The van der Waals surface area contributed by atoms with Crippen LogP contribution in [0.4, 0.5) is 17.6 Å². The van der Waals surface area contributed by atoms with Crippen LogP contribution in [-0.2, 0) is 0 Å². The molecule has 0 aromatic carbocycles. The predicted molar refractivity (Wildman–Crippen MR) is 87.6 cm³/mol. The maximum atomic E-state index is 13.7. The highest BCUT2D eigenvalue weighted by molar-refractivity contribution is 14.1. The molecular formula is C12H15F4IN6. The van der Waals surface area contributed by atoms with Crippen molar-refractivity contribution in [1.29, 1.82) is 0 Å². The Hall–Kier alpha value is -1.45. The van der Waals surface area contributed by atoms with Crippen molar-refractivity contribution < 1.29 is 17.6 Å². The lowest BCUT2D eigenvalue weighted by Crippen LogP contribution is -2.20. The summed E-state index contributed by atoms with van der Waals surface area (Å²) in [5.74, 6) is -3.28. The minimum atomic E-state index is -3.28. The van der Waals surface area contributed by atoms with Crippen molar-refractivity contribution in [2.75, 3.05) is 0 Å². The van der Waals surface area contributed by atoms with Crippen molar-refractivity contribution in [2.45, 2.75) is 47.6 Å². The van der Waals surface area contributed by atoms with Crippen molar-refractivity contribution in [1.82, 2.24) is 0 Å². The molecule has 0 aliphatic rings. The number of halogens is 5. The summed E-state index contributed by atoms with van der Waals surface area (Å²) in [4.78, 5) is 4.93. The van der Waals surface area contributed by atoms with Crippen molar-refractivity contribution in [2.24, 2.45) is 10.2 Å². The van der Waals surface area contributed by atoms with Crippen LogP contribution in [-0.4, -0.2) is 21.9 Å². The molecule has 128 valence electrons. The summed E-state index contributed by atoms with van der Waals surface area (Å²) in [5, 5.41) is 6.42. The number of hydrogen-bond donors (Lipinski definition) is 0. The molecular weight excluding hydrogens is 431 g/mol. The van der Waals surface area contributed by atoms with Gasteiger partial charge < -0.3 is 0 Å².